The van der Waals surface area contributed by atoms with E-state index in [4.69, 9.17) is 11.6 Å². The van der Waals surface area contributed by atoms with Crippen LogP contribution in [0.5, 0.6) is 0 Å². The monoisotopic (exact) mass is 239 g/mol. The van der Waals surface area contributed by atoms with E-state index < -0.39 is 0 Å². The fraction of sp³-hybridized carbons (Fsp3) is 0.182. The highest BCUT2D eigenvalue weighted by atomic mass is 35.5. The molecule has 0 saturated heterocycles. The van der Waals surface area contributed by atoms with E-state index in [0.717, 1.165) is 10.1 Å². The first-order chi connectivity index (χ1) is 7.24. The molecule has 4 heteroatoms. The lowest BCUT2D eigenvalue weighted by Crippen LogP contribution is -2.21. The first-order valence-corrected chi connectivity index (χ1v) is 5.88. The fourth-order valence-electron chi connectivity index (χ4n) is 1.40. The molecule has 0 unspecified atom stereocenters. The van der Waals surface area contributed by atoms with E-state index >= 15 is 0 Å². The second-order valence-corrected chi connectivity index (χ2v) is 4.53. The van der Waals surface area contributed by atoms with Gasteiger partial charge in [-0.2, -0.15) is 0 Å². The van der Waals surface area contributed by atoms with Crippen molar-refractivity contribution in [3.8, 4) is 0 Å². The van der Waals surface area contributed by atoms with E-state index in [1.807, 2.05) is 31.2 Å². The van der Waals surface area contributed by atoms with Gasteiger partial charge in [0.1, 0.15) is 4.88 Å². The molecule has 1 heterocycles. The van der Waals surface area contributed by atoms with Gasteiger partial charge in [0.25, 0.3) is 5.91 Å². The van der Waals surface area contributed by atoms with Gasteiger partial charge in [0.2, 0.25) is 0 Å². The average molecular weight is 240 g/mol. The Morgan fingerprint density at radius 1 is 1.47 bits per heavy atom. The molecule has 1 N–H and O–H groups in total. The second kappa shape index (κ2) is 4.21. The first-order valence-electron chi connectivity index (χ1n) is 4.69. The normalized spacial score (nSPS) is 10.5. The zero-order valence-electron chi connectivity index (χ0n) is 8.21. The molecule has 0 atom stereocenters. The molecule has 0 spiro atoms. The van der Waals surface area contributed by atoms with Crippen LogP contribution in [0.4, 0.5) is 0 Å². The first kappa shape index (κ1) is 10.5. The molecule has 1 aromatic carbocycles. The SMILES string of the molecule is CCNC(=O)c1sc2ccccc2c1Cl. The molecule has 1 aromatic heterocycles. The Morgan fingerprint density at radius 3 is 2.87 bits per heavy atom. The Kier molecular flexibility index (Phi) is 2.93. The van der Waals surface area contributed by atoms with Crippen molar-refractivity contribution in [2.24, 2.45) is 0 Å². The number of rotatable bonds is 2. The van der Waals surface area contributed by atoms with Crippen molar-refractivity contribution in [3.05, 3.63) is 34.2 Å². The molecule has 1 amide bonds. The van der Waals surface area contributed by atoms with E-state index in [1.165, 1.54) is 11.3 Å². The molecule has 2 aromatic rings. The molecule has 0 radical (unpaired) electrons. The Bertz CT molecular complexity index is 506. The number of fused-ring (bicyclic) bond motifs is 1. The summed E-state index contributed by atoms with van der Waals surface area (Å²) in [5, 5.41) is 4.26. The van der Waals surface area contributed by atoms with Gasteiger partial charge >= 0.3 is 0 Å². The second-order valence-electron chi connectivity index (χ2n) is 3.10. The molecule has 0 aliphatic rings. The lowest BCUT2D eigenvalue weighted by atomic mass is 10.2. The van der Waals surface area contributed by atoms with Gasteiger partial charge in [-0.05, 0) is 13.0 Å². The number of halogens is 1. The molecule has 0 bridgehead atoms. The van der Waals surface area contributed by atoms with Crippen LogP contribution in [0.2, 0.25) is 5.02 Å². The van der Waals surface area contributed by atoms with Gasteiger partial charge < -0.3 is 5.32 Å². The lowest BCUT2D eigenvalue weighted by molar-refractivity contribution is 0.0960. The van der Waals surface area contributed by atoms with Crippen molar-refractivity contribution in [2.75, 3.05) is 6.54 Å². The highest BCUT2D eigenvalue weighted by Gasteiger charge is 2.15. The quantitative estimate of drug-likeness (QED) is 0.856. The highest BCUT2D eigenvalue weighted by Crippen LogP contribution is 2.34. The third-order valence-electron chi connectivity index (χ3n) is 2.08. The Hall–Kier alpha value is -1.06. The zero-order chi connectivity index (χ0) is 10.8. The third kappa shape index (κ3) is 1.85. The summed E-state index contributed by atoms with van der Waals surface area (Å²) >= 11 is 7.57. The topological polar surface area (TPSA) is 29.1 Å². The van der Waals surface area contributed by atoms with Crippen molar-refractivity contribution in [1.29, 1.82) is 0 Å². The highest BCUT2D eigenvalue weighted by molar-refractivity contribution is 7.21. The van der Waals surface area contributed by atoms with E-state index in [9.17, 15) is 4.79 Å². The number of hydrogen-bond acceptors (Lipinski definition) is 2. The molecule has 15 heavy (non-hydrogen) atoms. The Morgan fingerprint density at radius 2 is 2.20 bits per heavy atom. The van der Waals surface area contributed by atoms with E-state index in [2.05, 4.69) is 5.32 Å². The number of carbonyl (C=O) groups excluding carboxylic acids is 1. The van der Waals surface area contributed by atoms with Crippen molar-refractivity contribution in [2.45, 2.75) is 6.92 Å². The van der Waals surface area contributed by atoms with E-state index in [-0.39, 0.29) is 5.91 Å². The summed E-state index contributed by atoms with van der Waals surface area (Å²) in [6.45, 7) is 2.50. The molecular weight excluding hydrogens is 230 g/mol. The van der Waals surface area contributed by atoms with Crippen LogP contribution in [0.3, 0.4) is 0 Å². The van der Waals surface area contributed by atoms with Crippen LogP contribution in [-0.4, -0.2) is 12.5 Å². The summed E-state index contributed by atoms with van der Waals surface area (Å²) in [7, 11) is 0. The maximum atomic E-state index is 11.7. The van der Waals surface area contributed by atoms with Crippen LogP contribution in [0.15, 0.2) is 24.3 Å². The number of amides is 1. The van der Waals surface area contributed by atoms with Crippen LogP contribution < -0.4 is 5.32 Å². The number of hydrogen-bond donors (Lipinski definition) is 1. The van der Waals surface area contributed by atoms with Crippen molar-refractivity contribution >= 4 is 38.9 Å². The minimum absolute atomic E-state index is 0.0938. The van der Waals surface area contributed by atoms with Gasteiger partial charge in [-0.15, -0.1) is 11.3 Å². The largest absolute Gasteiger partial charge is 0.352 e. The number of nitrogens with one attached hydrogen (secondary N) is 1. The molecule has 78 valence electrons. The Balaban J connectivity index is 2.53. The van der Waals surface area contributed by atoms with Crippen LogP contribution in [0.1, 0.15) is 16.6 Å². The van der Waals surface area contributed by atoms with Gasteiger partial charge in [-0.25, -0.2) is 0 Å². The molecule has 0 saturated carbocycles. The Labute approximate surface area is 96.9 Å². The standard InChI is InChI=1S/C11H10ClNOS/c1-2-13-11(14)10-9(12)7-5-3-4-6-8(7)15-10/h3-6H,2H2,1H3,(H,13,14). The van der Waals surface area contributed by atoms with Gasteiger partial charge in [0.05, 0.1) is 5.02 Å². The number of thiophene rings is 1. The maximum absolute atomic E-state index is 11.7. The van der Waals surface area contributed by atoms with Gasteiger partial charge in [-0.3, -0.25) is 4.79 Å². The third-order valence-corrected chi connectivity index (χ3v) is 3.75. The fourth-order valence-corrected chi connectivity index (χ4v) is 2.83. The number of benzene rings is 1. The van der Waals surface area contributed by atoms with E-state index in [0.29, 0.717) is 16.4 Å². The molecule has 0 fully saturated rings. The van der Waals surface area contributed by atoms with Crippen molar-refractivity contribution in [3.63, 3.8) is 0 Å². The van der Waals surface area contributed by atoms with Crippen molar-refractivity contribution in [1.82, 2.24) is 5.32 Å². The average Bonchev–Trinajstić information content (AvgIpc) is 2.57. The predicted octanol–water partition coefficient (Wildman–Crippen LogP) is 3.30. The maximum Gasteiger partial charge on any atom is 0.262 e. The van der Waals surface area contributed by atoms with Gasteiger partial charge in [-0.1, -0.05) is 29.8 Å². The van der Waals surface area contributed by atoms with Gasteiger partial charge in [0, 0.05) is 16.6 Å². The van der Waals surface area contributed by atoms with Crippen molar-refractivity contribution < 1.29 is 4.79 Å². The van der Waals surface area contributed by atoms with E-state index in [1.54, 1.807) is 0 Å². The number of carbonyl (C=O) groups is 1. The molecule has 2 rings (SSSR count). The lowest BCUT2D eigenvalue weighted by Gasteiger charge is -1.98. The summed E-state index contributed by atoms with van der Waals surface area (Å²) in [6, 6.07) is 7.75. The van der Waals surface area contributed by atoms with Crippen LogP contribution in [0, 0.1) is 0 Å². The summed E-state index contributed by atoms with van der Waals surface area (Å²) < 4.78 is 1.05. The summed E-state index contributed by atoms with van der Waals surface area (Å²) in [6.07, 6.45) is 0. The predicted molar refractivity (Wildman–Crippen MR) is 64.8 cm³/mol. The molecule has 0 aliphatic carbocycles. The summed E-state index contributed by atoms with van der Waals surface area (Å²) in [5.41, 5.74) is 0. The minimum atomic E-state index is -0.0938. The molecule has 2 nitrogen and oxygen atoms in total. The summed E-state index contributed by atoms with van der Waals surface area (Å²) in [4.78, 5) is 12.2. The van der Waals surface area contributed by atoms with Crippen LogP contribution in [-0.2, 0) is 0 Å². The van der Waals surface area contributed by atoms with Crippen LogP contribution >= 0.6 is 22.9 Å². The zero-order valence-corrected chi connectivity index (χ0v) is 9.78. The van der Waals surface area contributed by atoms with Gasteiger partial charge in [0.15, 0.2) is 0 Å². The minimum Gasteiger partial charge on any atom is -0.352 e. The smallest absolute Gasteiger partial charge is 0.262 e. The molecule has 0 aliphatic heterocycles. The van der Waals surface area contributed by atoms with Crippen LogP contribution in [0.25, 0.3) is 10.1 Å². The molecular formula is C11H10ClNOS. The summed E-state index contributed by atoms with van der Waals surface area (Å²) in [5.74, 6) is -0.0938.